The van der Waals surface area contributed by atoms with Gasteiger partial charge in [-0.25, -0.2) is 0 Å². The SMILES string of the molecule is COCCOCCCN1CCC(C)NC(C)CC1. The smallest absolute Gasteiger partial charge is 0.0700 e. The van der Waals surface area contributed by atoms with Gasteiger partial charge in [-0.15, -0.1) is 0 Å². The van der Waals surface area contributed by atoms with Crippen molar-refractivity contribution in [1.82, 2.24) is 10.2 Å². The second kappa shape index (κ2) is 9.73. The van der Waals surface area contributed by atoms with Gasteiger partial charge in [0.2, 0.25) is 0 Å². The number of nitrogens with zero attached hydrogens (tertiary/aromatic N) is 1. The van der Waals surface area contributed by atoms with Crippen LogP contribution in [0.5, 0.6) is 0 Å². The highest BCUT2D eigenvalue weighted by Crippen LogP contribution is 2.07. The highest BCUT2D eigenvalue weighted by molar-refractivity contribution is 4.74. The molecule has 2 unspecified atom stereocenters. The van der Waals surface area contributed by atoms with Crippen molar-refractivity contribution in [2.24, 2.45) is 0 Å². The zero-order valence-electron chi connectivity index (χ0n) is 12.3. The third-order valence-corrected chi connectivity index (χ3v) is 3.52. The minimum atomic E-state index is 0.640. The molecular formula is C14H30N2O2. The first-order valence-electron chi connectivity index (χ1n) is 7.27. The fourth-order valence-corrected chi connectivity index (χ4v) is 2.37. The Morgan fingerprint density at radius 2 is 1.72 bits per heavy atom. The largest absolute Gasteiger partial charge is 0.382 e. The number of hydrogen-bond donors (Lipinski definition) is 1. The fraction of sp³-hybridized carbons (Fsp3) is 1.00. The third kappa shape index (κ3) is 7.31. The van der Waals surface area contributed by atoms with Gasteiger partial charge in [-0.05, 0) is 46.2 Å². The number of methoxy groups -OCH3 is 1. The van der Waals surface area contributed by atoms with Gasteiger partial charge in [0.25, 0.3) is 0 Å². The van der Waals surface area contributed by atoms with E-state index >= 15 is 0 Å². The maximum atomic E-state index is 5.50. The van der Waals surface area contributed by atoms with E-state index in [1.807, 2.05) is 0 Å². The minimum absolute atomic E-state index is 0.640. The lowest BCUT2D eigenvalue weighted by molar-refractivity contribution is 0.0644. The van der Waals surface area contributed by atoms with Crippen LogP contribution in [0, 0.1) is 0 Å². The fourth-order valence-electron chi connectivity index (χ4n) is 2.37. The van der Waals surface area contributed by atoms with Gasteiger partial charge in [-0.3, -0.25) is 0 Å². The van der Waals surface area contributed by atoms with Crippen LogP contribution in [-0.4, -0.2) is 63.5 Å². The van der Waals surface area contributed by atoms with E-state index in [0.717, 1.165) is 19.6 Å². The molecule has 1 rings (SSSR count). The molecule has 1 heterocycles. The highest BCUT2D eigenvalue weighted by atomic mass is 16.5. The molecule has 4 nitrogen and oxygen atoms in total. The summed E-state index contributed by atoms with van der Waals surface area (Å²) in [7, 11) is 1.71. The summed E-state index contributed by atoms with van der Waals surface area (Å²) in [5.74, 6) is 0. The van der Waals surface area contributed by atoms with Gasteiger partial charge in [-0.2, -0.15) is 0 Å². The normalized spacial score (nSPS) is 26.8. The molecule has 1 aliphatic heterocycles. The molecule has 0 radical (unpaired) electrons. The van der Waals surface area contributed by atoms with E-state index in [9.17, 15) is 0 Å². The summed E-state index contributed by atoms with van der Waals surface area (Å²) in [6.45, 7) is 10.4. The van der Waals surface area contributed by atoms with Crippen molar-refractivity contribution in [2.45, 2.75) is 45.2 Å². The van der Waals surface area contributed by atoms with E-state index in [0.29, 0.717) is 25.3 Å². The Hall–Kier alpha value is -0.160. The highest BCUT2D eigenvalue weighted by Gasteiger charge is 2.15. The standard InChI is InChI=1S/C14H30N2O2/c1-13-5-8-16(9-6-14(2)15-13)7-4-10-18-12-11-17-3/h13-15H,4-12H2,1-3H3. The van der Waals surface area contributed by atoms with Gasteiger partial charge in [0, 0.05) is 32.3 Å². The molecule has 1 fully saturated rings. The summed E-state index contributed by atoms with van der Waals surface area (Å²) in [4.78, 5) is 2.58. The van der Waals surface area contributed by atoms with Crippen LogP contribution in [0.25, 0.3) is 0 Å². The first-order valence-corrected chi connectivity index (χ1v) is 7.27. The van der Waals surface area contributed by atoms with Crippen molar-refractivity contribution < 1.29 is 9.47 Å². The maximum absolute atomic E-state index is 5.50. The Bertz CT molecular complexity index is 190. The van der Waals surface area contributed by atoms with Crippen molar-refractivity contribution in [2.75, 3.05) is 46.6 Å². The Kier molecular flexibility index (Phi) is 8.59. The van der Waals surface area contributed by atoms with E-state index in [1.54, 1.807) is 7.11 Å². The van der Waals surface area contributed by atoms with Gasteiger partial charge in [0.1, 0.15) is 0 Å². The molecule has 0 amide bonds. The van der Waals surface area contributed by atoms with E-state index in [1.165, 1.54) is 25.9 Å². The summed E-state index contributed by atoms with van der Waals surface area (Å²) in [6, 6.07) is 1.28. The quantitative estimate of drug-likeness (QED) is 0.702. The van der Waals surface area contributed by atoms with Crippen molar-refractivity contribution in [1.29, 1.82) is 0 Å². The number of rotatable bonds is 7. The molecule has 1 saturated heterocycles. The number of hydrogen-bond acceptors (Lipinski definition) is 4. The molecular weight excluding hydrogens is 228 g/mol. The molecule has 2 atom stereocenters. The molecule has 0 bridgehead atoms. The topological polar surface area (TPSA) is 33.7 Å². The lowest BCUT2D eigenvalue weighted by Crippen LogP contribution is -2.43. The van der Waals surface area contributed by atoms with Crippen molar-refractivity contribution in [3.05, 3.63) is 0 Å². The zero-order chi connectivity index (χ0) is 13.2. The zero-order valence-corrected chi connectivity index (χ0v) is 12.3. The van der Waals surface area contributed by atoms with Crippen molar-refractivity contribution in [3.63, 3.8) is 0 Å². The Morgan fingerprint density at radius 3 is 2.33 bits per heavy atom. The Balaban J connectivity index is 2.08. The molecule has 0 aromatic heterocycles. The summed E-state index contributed by atoms with van der Waals surface area (Å²) < 4.78 is 10.4. The van der Waals surface area contributed by atoms with Crippen LogP contribution < -0.4 is 5.32 Å². The van der Waals surface area contributed by atoms with E-state index in [2.05, 4.69) is 24.1 Å². The van der Waals surface area contributed by atoms with Crippen LogP contribution in [0.2, 0.25) is 0 Å². The molecule has 0 saturated carbocycles. The third-order valence-electron chi connectivity index (χ3n) is 3.52. The van der Waals surface area contributed by atoms with E-state index in [4.69, 9.17) is 9.47 Å². The number of ether oxygens (including phenoxy) is 2. The van der Waals surface area contributed by atoms with Crippen molar-refractivity contribution >= 4 is 0 Å². The van der Waals surface area contributed by atoms with Gasteiger partial charge in [0.15, 0.2) is 0 Å². The molecule has 0 aromatic rings. The van der Waals surface area contributed by atoms with Gasteiger partial charge < -0.3 is 19.7 Å². The lowest BCUT2D eigenvalue weighted by atomic mass is 10.1. The average molecular weight is 258 g/mol. The summed E-state index contributed by atoms with van der Waals surface area (Å²) in [5.41, 5.74) is 0. The van der Waals surface area contributed by atoms with Gasteiger partial charge >= 0.3 is 0 Å². The first-order chi connectivity index (χ1) is 8.72. The van der Waals surface area contributed by atoms with Crippen LogP contribution in [0.3, 0.4) is 0 Å². The molecule has 1 aliphatic rings. The van der Waals surface area contributed by atoms with Gasteiger partial charge in [-0.1, -0.05) is 0 Å². The van der Waals surface area contributed by atoms with E-state index < -0.39 is 0 Å². The lowest BCUT2D eigenvalue weighted by Gasteiger charge is -2.30. The molecule has 0 aromatic carbocycles. The second-order valence-electron chi connectivity index (χ2n) is 5.35. The Labute approximate surface area is 112 Å². The molecule has 4 heteroatoms. The van der Waals surface area contributed by atoms with Crippen LogP contribution >= 0.6 is 0 Å². The van der Waals surface area contributed by atoms with E-state index in [-0.39, 0.29) is 0 Å². The predicted molar refractivity (Wildman–Crippen MR) is 75.0 cm³/mol. The Morgan fingerprint density at radius 1 is 1.06 bits per heavy atom. The second-order valence-corrected chi connectivity index (χ2v) is 5.35. The average Bonchev–Trinajstić information content (AvgIpc) is 2.34. The minimum Gasteiger partial charge on any atom is -0.382 e. The van der Waals surface area contributed by atoms with Crippen molar-refractivity contribution in [3.8, 4) is 0 Å². The predicted octanol–water partition coefficient (Wildman–Crippen LogP) is 1.50. The molecule has 18 heavy (non-hydrogen) atoms. The molecule has 108 valence electrons. The molecule has 0 spiro atoms. The summed E-state index contributed by atoms with van der Waals surface area (Å²) in [5, 5.41) is 3.63. The van der Waals surface area contributed by atoms with Crippen LogP contribution in [0.1, 0.15) is 33.1 Å². The van der Waals surface area contributed by atoms with Crippen LogP contribution in [-0.2, 0) is 9.47 Å². The summed E-state index contributed by atoms with van der Waals surface area (Å²) >= 11 is 0. The maximum Gasteiger partial charge on any atom is 0.0700 e. The monoisotopic (exact) mass is 258 g/mol. The molecule has 0 aliphatic carbocycles. The summed E-state index contributed by atoms with van der Waals surface area (Å²) in [6.07, 6.45) is 3.61. The molecule has 1 N–H and O–H groups in total. The number of nitrogens with one attached hydrogen (secondary N) is 1. The first kappa shape index (κ1) is 15.9. The van der Waals surface area contributed by atoms with Crippen LogP contribution in [0.15, 0.2) is 0 Å². The van der Waals surface area contributed by atoms with Crippen LogP contribution in [0.4, 0.5) is 0 Å². The van der Waals surface area contributed by atoms with Gasteiger partial charge in [0.05, 0.1) is 13.2 Å².